The van der Waals surface area contributed by atoms with Crippen LogP contribution in [0.2, 0.25) is 0 Å². The lowest BCUT2D eigenvalue weighted by Gasteiger charge is -2.10. The van der Waals surface area contributed by atoms with Crippen molar-refractivity contribution in [2.24, 2.45) is 0 Å². The van der Waals surface area contributed by atoms with E-state index in [1.165, 1.54) is 11.1 Å². The van der Waals surface area contributed by atoms with Gasteiger partial charge in [0, 0.05) is 19.3 Å². The lowest BCUT2D eigenvalue weighted by molar-refractivity contribution is 1.04. The molecule has 0 amide bonds. The molecular weight excluding hydrogens is 304 g/mol. The molecule has 19 heavy (non-hydrogen) atoms. The quantitative estimate of drug-likeness (QED) is 0.883. The number of aryl methyl sites for hydroxylation is 1. The highest BCUT2D eigenvalue weighted by Crippen LogP contribution is 2.20. The average molecular weight is 321 g/mol. The van der Waals surface area contributed by atoms with Gasteiger partial charge < -0.3 is 10.6 Å². The Morgan fingerprint density at radius 1 is 1.26 bits per heavy atom. The Bertz CT molecular complexity index is 557. The zero-order valence-corrected chi connectivity index (χ0v) is 12.7. The molecule has 0 spiro atoms. The van der Waals surface area contributed by atoms with Crippen molar-refractivity contribution in [1.29, 1.82) is 0 Å². The molecule has 2 N–H and O–H groups in total. The maximum atomic E-state index is 4.42. The van der Waals surface area contributed by atoms with Crippen LogP contribution in [0, 0.1) is 6.92 Å². The first-order valence-electron chi connectivity index (χ1n) is 6.25. The molecule has 5 heteroatoms. The van der Waals surface area contributed by atoms with E-state index in [4.69, 9.17) is 0 Å². The van der Waals surface area contributed by atoms with E-state index in [1.807, 2.05) is 6.92 Å². The molecule has 1 aromatic carbocycles. The van der Waals surface area contributed by atoms with E-state index in [2.05, 4.69) is 67.7 Å². The number of nitrogens with one attached hydrogen (secondary N) is 2. The van der Waals surface area contributed by atoms with Gasteiger partial charge in [-0.1, -0.05) is 29.8 Å². The van der Waals surface area contributed by atoms with Gasteiger partial charge in [-0.15, -0.1) is 0 Å². The predicted octanol–water partition coefficient (Wildman–Crippen LogP) is 3.59. The SMILES string of the molecule is CCNc1ncc(Br)c(NCc2cccc(C)c2)n1. The van der Waals surface area contributed by atoms with Crippen molar-refractivity contribution in [2.75, 3.05) is 17.2 Å². The molecule has 1 aromatic heterocycles. The molecule has 0 saturated carbocycles. The van der Waals surface area contributed by atoms with Crippen LogP contribution in [0.3, 0.4) is 0 Å². The molecule has 0 unspecified atom stereocenters. The van der Waals surface area contributed by atoms with Crippen LogP contribution < -0.4 is 10.6 Å². The van der Waals surface area contributed by atoms with Crippen molar-refractivity contribution >= 4 is 27.7 Å². The normalized spacial score (nSPS) is 10.3. The smallest absolute Gasteiger partial charge is 0.224 e. The summed E-state index contributed by atoms with van der Waals surface area (Å²) in [6.45, 7) is 5.65. The van der Waals surface area contributed by atoms with Gasteiger partial charge in [0.2, 0.25) is 5.95 Å². The number of hydrogen-bond acceptors (Lipinski definition) is 4. The van der Waals surface area contributed by atoms with E-state index in [0.29, 0.717) is 5.95 Å². The minimum Gasteiger partial charge on any atom is -0.365 e. The van der Waals surface area contributed by atoms with Gasteiger partial charge >= 0.3 is 0 Å². The van der Waals surface area contributed by atoms with Crippen molar-refractivity contribution in [3.63, 3.8) is 0 Å². The number of benzene rings is 1. The van der Waals surface area contributed by atoms with Crippen molar-refractivity contribution < 1.29 is 0 Å². The number of rotatable bonds is 5. The van der Waals surface area contributed by atoms with Gasteiger partial charge in [0.15, 0.2) is 0 Å². The first-order valence-corrected chi connectivity index (χ1v) is 7.04. The molecule has 0 saturated heterocycles. The highest BCUT2D eigenvalue weighted by molar-refractivity contribution is 9.10. The molecule has 2 rings (SSSR count). The molecule has 2 aromatic rings. The molecule has 0 radical (unpaired) electrons. The van der Waals surface area contributed by atoms with Gasteiger partial charge in [0.05, 0.1) is 4.47 Å². The third-order valence-electron chi connectivity index (χ3n) is 2.62. The number of nitrogens with zero attached hydrogens (tertiary/aromatic N) is 2. The van der Waals surface area contributed by atoms with Crippen LogP contribution in [0.25, 0.3) is 0 Å². The first kappa shape index (κ1) is 13.8. The lowest BCUT2D eigenvalue weighted by Crippen LogP contribution is -2.07. The number of hydrogen-bond donors (Lipinski definition) is 2. The number of anilines is 2. The Morgan fingerprint density at radius 2 is 2.11 bits per heavy atom. The van der Waals surface area contributed by atoms with Crippen LogP contribution in [0.5, 0.6) is 0 Å². The van der Waals surface area contributed by atoms with Crippen LogP contribution in [0.15, 0.2) is 34.9 Å². The molecule has 0 fully saturated rings. The third-order valence-corrected chi connectivity index (χ3v) is 3.20. The van der Waals surface area contributed by atoms with E-state index >= 15 is 0 Å². The monoisotopic (exact) mass is 320 g/mol. The van der Waals surface area contributed by atoms with E-state index < -0.39 is 0 Å². The summed E-state index contributed by atoms with van der Waals surface area (Å²) in [4.78, 5) is 8.61. The van der Waals surface area contributed by atoms with Crippen LogP contribution in [0.1, 0.15) is 18.1 Å². The van der Waals surface area contributed by atoms with Gasteiger partial charge in [-0.2, -0.15) is 4.98 Å². The van der Waals surface area contributed by atoms with Crippen molar-refractivity contribution in [3.05, 3.63) is 46.1 Å². The van der Waals surface area contributed by atoms with Gasteiger partial charge in [-0.05, 0) is 35.3 Å². The van der Waals surface area contributed by atoms with Crippen LogP contribution in [-0.2, 0) is 6.54 Å². The van der Waals surface area contributed by atoms with Crippen molar-refractivity contribution in [2.45, 2.75) is 20.4 Å². The van der Waals surface area contributed by atoms with Crippen molar-refractivity contribution in [3.8, 4) is 0 Å². The molecule has 0 atom stereocenters. The van der Waals surface area contributed by atoms with Gasteiger partial charge in [-0.3, -0.25) is 0 Å². The zero-order valence-electron chi connectivity index (χ0n) is 11.1. The summed E-state index contributed by atoms with van der Waals surface area (Å²) in [5.74, 6) is 1.44. The topological polar surface area (TPSA) is 49.8 Å². The number of halogens is 1. The maximum Gasteiger partial charge on any atom is 0.224 e. The van der Waals surface area contributed by atoms with E-state index in [1.54, 1.807) is 6.20 Å². The Morgan fingerprint density at radius 3 is 2.84 bits per heavy atom. The zero-order chi connectivity index (χ0) is 13.7. The average Bonchev–Trinajstić information content (AvgIpc) is 2.40. The van der Waals surface area contributed by atoms with Gasteiger partial charge in [-0.25, -0.2) is 4.98 Å². The van der Waals surface area contributed by atoms with Crippen LogP contribution in [0.4, 0.5) is 11.8 Å². The second-order valence-electron chi connectivity index (χ2n) is 4.26. The van der Waals surface area contributed by atoms with E-state index in [-0.39, 0.29) is 0 Å². The lowest BCUT2D eigenvalue weighted by atomic mass is 10.1. The van der Waals surface area contributed by atoms with E-state index in [0.717, 1.165) is 23.4 Å². The minimum absolute atomic E-state index is 0.637. The fraction of sp³-hybridized carbons (Fsp3) is 0.286. The minimum atomic E-state index is 0.637. The van der Waals surface area contributed by atoms with Gasteiger partial charge in [0.25, 0.3) is 0 Å². The third kappa shape index (κ3) is 3.92. The molecule has 0 aliphatic rings. The summed E-state index contributed by atoms with van der Waals surface area (Å²) >= 11 is 3.45. The second-order valence-corrected chi connectivity index (χ2v) is 5.12. The van der Waals surface area contributed by atoms with Crippen LogP contribution >= 0.6 is 15.9 Å². The fourth-order valence-electron chi connectivity index (χ4n) is 1.74. The predicted molar refractivity (Wildman–Crippen MR) is 82.4 cm³/mol. The fourth-order valence-corrected chi connectivity index (χ4v) is 2.07. The molecule has 4 nitrogen and oxygen atoms in total. The summed E-state index contributed by atoms with van der Waals surface area (Å²) in [5.41, 5.74) is 2.49. The summed E-state index contributed by atoms with van der Waals surface area (Å²) < 4.78 is 0.863. The molecule has 0 aliphatic carbocycles. The largest absolute Gasteiger partial charge is 0.365 e. The number of aromatic nitrogens is 2. The second kappa shape index (κ2) is 6.52. The van der Waals surface area contributed by atoms with Gasteiger partial charge in [0.1, 0.15) is 5.82 Å². The standard InChI is InChI=1S/C14H17BrN4/c1-3-16-14-18-9-12(15)13(19-14)17-8-11-6-4-5-10(2)7-11/h4-7,9H,3,8H2,1-2H3,(H2,16,17,18,19). The Balaban J connectivity index is 2.08. The highest BCUT2D eigenvalue weighted by atomic mass is 79.9. The highest BCUT2D eigenvalue weighted by Gasteiger charge is 2.04. The molecule has 100 valence electrons. The summed E-state index contributed by atoms with van der Waals surface area (Å²) in [6.07, 6.45) is 1.75. The summed E-state index contributed by atoms with van der Waals surface area (Å²) in [5, 5.41) is 6.42. The maximum absolute atomic E-state index is 4.42. The molecule has 0 aliphatic heterocycles. The molecular formula is C14H17BrN4. The molecule has 1 heterocycles. The first-order chi connectivity index (χ1) is 9.19. The molecule has 0 bridgehead atoms. The Hall–Kier alpha value is -1.62. The summed E-state index contributed by atoms with van der Waals surface area (Å²) in [7, 11) is 0. The van der Waals surface area contributed by atoms with E-state index in [9.17, 15) is 0 Å². The van der Waals surface area contributed by atoms with Crippen molar-refractivity contribution in [1.82, 2.24) is 9.97 Å². The Labute approximate surface area is 121 Å². The summed E-state index contributed by atoms with van der Waals surface area (Å²) in [6, 6.07) is 8.41. The Kier molecular flexibility index (Phi) is 4.74. The van der Waals surface area contributed by atoms with Crippen LogP contribution in [-0.4, -0.2) is 16.5 Å².